The number of hydrogen-bond donors (Lipinski definition) is 1. The fourth-order valence-electron chi connectivity index (χ4n) is 3.87. The van der Waals surface area contributed by atoms with Gasteiger partial charge in [0.25, 0.3) is 0 Å². The van der Waals surface area contributed by atoms with E-state index >= 15 is 0 Å². The predicted octanol–water partition coefficient (Wildman–Crippen LogP) is 2.49. The molecule has 1 aliphatic heterocycles. The van der Waals surface area contributed by atoms with Crippen LogP contribution < -0.4 is 5.32 Å². The summed E-state index contributed by atoms with van der Waals surface area (Å²) in [5.74, 6) is 0.712. The molecule has 1 atom stereocenters. The Kier molecular flexibility index (Phi) is 6.61. The average molecular weight is 434 g/mol. The van der Waals surface area contributed by atoms with Gasteiger partial charge in [-0.05, 0) is 51.1 Å². The molecule has 3 aromatic rings. The maximum atomic E-state index is 12.2. The normalized spacial score (nSPS) is 15.6. The second kappa shape index (κ2) is 9.75. The minimum Gasteiger partial charge on any atom is -0.439 e. The smallest absolute Gasteiger partial charge is 0.236 e. The van der Waals surface area contributed by atoms with Crippen LogP contribution in [0.3, 0.4) is 0 Å². The van der Waals surface area contributed by atoms with Crippen molar-refractivity contribution in [2.45, 2.75) is 18.8 Å². The molecule has 1 aromatic carbocycles. The number of para-hydroxylation sites is 2. The SMILES string of the molecule is CN(C)CC(=O)N1CCC(CNc2nccc(C(C#N)c3nc4ccccc4o3)n2)CC1. The Labute approximate surface area is 187 Å². The van der Waals surface area contributed by atoms with Gasteiger partial charge in [-0.2, -0.15) is 5.26 Å². The monoisotopic (exact) mass is 433 g/mol. The number of carbonyl (C=O) groups is 1. The van der Waals surface area contributed by atoms with Gasteiger partial charge in [0.15, 0.2) is 11.5 Å². The third-order valence-electron chi connectivity index (χ3n) is 5.63. The first-order valence-electron chi connectivity index (χ1n) is 10.8. The van der Waals surface area contributed by atoms with Crippen LogP contribution in [0.5, 0.6) is 0 Å². The standard InChI is InChI=1S/C23H27N7O2/c1-29(2)15-21(31)30-11-8-16(9-12-30)14-26-23-25-10-7-18(28-23)17(13-24)22-27-19-5-3-4-6-20(19)32-22/h3-7,10,16-17H,8-9,11-12,14-15H2,1-2H3,(H,25,26,28). The van der Waals surface area contributed by atoms with E-state index in [4.69, 9.17) is 4.42 Å². The van der Waals surface area contributed by atoms with Crippen molar-refractivity contribution >= 4 is 23.0 Å². The summed E-state index contributed by atoms with van der Waals surface area (Å²) < 4.78 is 5.77. The van der Waals surface area contributed by atoms with Crippen molar-refractivity contribution in [2.75, 3.05) is 45.6 Å². The van der Waals surface area contributed by atoms with E-state index in [1.54, 1.807) is 12.3 Å². The fourth-order valence-corrected chi connectivity index (χ4v) is 3.87. The zero-order chi connectivity index (χ0) is 22.5. The molecule has 166 valence electrons. The quantitative estimate of drug-likeness (QED) is 0.605. The van der Waals surface area contributed by atoms with Gasteiger partial charge in [0.2, 0.25) is 17.7 Å². The summed E-state index contributed by atoms with van der Waals surface area (Å²) in [5.41, 5.74) is 1.90. The van der Waals surface area contributed by atoms with Gasteiger partial charge in [0.1, 0.15) is 5.52 Å². The Bertz CT molecular complexity index is 1080. The summed E-state index contributed by atoms with van der Waals surface area (Å²) >= 11 is 0. The third kappa shape index (κ3) is 5.03. The van der Waals surface area contributed by atoms with Crippen molar-refractivity contribution in [2.24, 2.45) is 5.92 Å². The van der Waals surface area contributed by atoms with Crippen LogP contribution in [0.15, 0.2) is 40.9 Å². The van der Waals surface area contributed by atoms with Crippen LogP contribution in [0.4, 0.5) is 5.95 Å². The Balaban J connectivity index is 1.36. The van der Waals surface area contributed by atoms with Gasteiger partial charge in [-0.3, -0.25) is 4.79 Å². The molecule has 4 rings (SSSR count). The lowest BCUT2D eigenvalue weighted by atomic mass is 9.97. The number of nitrogens with zero attached hydrogens (tertiary/aromatic N) is 6. The highest BCUT2D eigenvalue weighted by Crippen LogP contribution is 2.26. The van der Waals surface area contributed by atoms with Crippen molar-refractivity contribution in [1.29, 1.82) is 5.26 Å². The summed E-state index contributed by atoms with van der Waals surface area (Å²) in [4.78, 5) is 29.3. The van der Waals surface area contributed by atoms with Gasteiger partial charge in [-0.25, -0.2) is 15.0 Å². The number of anilines is 1. The molecule has 1 fully saturated rings. The molecular weight excluding hydrogens is 406 g/mol. The molecule has 0 radical (unpaired) electrons. The minimum atomic E-state index is -0.711. The number of likely N-dealkylation sites (tertiary alicyclic amines) is 1. The first kappa shape index (κ1) is 21.7. The number of carbonyl (C=O) groups excluding carboxylic acids is 1. The lowest BCUT2D eigenvalue weighted by Crippen LogP contribution is -2.43. The van der Waals surface area contributed by atoms with Crippen LogP contribution in [0.25, 0.3) is 11.1 Å². The molecule has 1 saturated heterocycles. The van der Waals surface area contributed by atoms with Gasteiger partial charge in [-0.1, -0.05) is 12.1 Å². The fraction of sp³-hybridized carbons (Fsp3) is 0.435. The van der Waals surface area contributed by atoms with Crippen LogP contribution >= 0.6 is 0 Å². The summed E-state index contributed by atoms with van der Waals surface area (Å²) in [7, 11) is 3.81. The summed E-state index contributed by atoms with van der Waals surface area (Å²) in [6, 6.07) is 11.4. The number of piperidine rings is 1. The lowest BCUT2D eigenvalue weighted by molar-refractivity contribution is -0.133. The van der Waals surface area contributed by atoms with Crippen molar-refractivity contribution in [3.8, 4) is 6.07 Å². The largest absolute Gasteiger partial charge is 0.439 e. The maximum absolute atomic E-state index is 12.2. The number of rotatable bonds is 7. The number of fused-ring (bicyclic) bond motifs is 1. The molecule has 0 bridgehead atoms. The van der Waals surface area contributed by atoms with E-state index in [0.717, 1.165) is 32.5 Å². The van der Waals surface area contributed by atoms with Gasteiger partial charge in [0.05, 0.1) is 18.3 Å². The van der Waals surface area contributed by atoms with Crippen molar-refractivity contribution in [3.63, 3.8) is 0 Å². The summed E-state index contributed by atoms with van der Waals surface area (Å²) in [6.07, 6.45) is 3.52. The van der Waals surface area contributed by atoms with E-state index in [0.29, 0.717) is 41.1 Å². The minimum absolute atomic E-state index is 0.180. The molecule has 0 spiro atoms. The van der Waals surface area contributed by atoms with Gasteiger partial charge in [0, 0.05) is 25.8 Å². The molecule has 32 heavy (non-hydrogen) atoms. The zero-order valence-corrected chi connectivity index (χ0v) is 18.4. The predicted molar refractivity (Wildman–Crippen MR) is 120 cm³/mol. The second-order valence-corrected chi connectivity index (χ2v) is 8.33. The van der Waals surface area contributed by atoms with Gasteiger partial charge >= 0.3 is 0 Å². The number of likely N-dealkylation sites (N-methyl/N-ethyl adjacent to an activating group) is 1. The van der Waals surface area contributed by atoms with Gasteiger partial charge in [-0.15, -0.1) is 0 Å². The molecule has 9 nitrogen and oxygen atoms in total. The maximum Gasteiger partial charge on any atom is 0.236 e. The van der Waals surface area contributed by atoms with Gasteiger partial charge < -0.3 is 19.5 Å². The van der Waals surface area contributed by atoms with Crippen molar-refractivity contribution < 1.29 is 9.21 Å². The number of aromatic nitrogens is 3. The van der Waals surface area contributed by atoms with Crippen LogP contribution in [0.1, 0.15) is 30.3 Å². The topological polar surface area (TPSA) is 111 Å². The molecule has 1 N–H and O–H groups in total. The molecule has 0 saturated carbocycles. The van der Waals surface area contributed by atoms with Crippen LogP contribution in [0.2, 0.25) is 0 Å². The third-order valence-corrected chi connectivity index (χ3v) is 5.63. The molecule has 3 heterocycles. The Morgan fingerprint density at radius 2 is 2.06 bits per heavy atom. The Morgan fingerprint density at radius 3 is 2.78 bits per heavy atom. The first-order chi connectivity index (χ1) is 15.5. The number of nitriles is 1. The van der Waals surface area contributed by atoms with E-state index < -0.39 is 5.92 Å². The Morgan fingerprint density at radius 1 is 1.28 bits per heavy atom. The summed E-state index contributed by atoms with van der Waals surface area (Å²) in [6.45, 7) is 2.71. The van der Waals surface area contributed by atoms with Crippen LogP contribution in [0, 0.1) is 17.2 Å². The number of hydrogen-bond acceptors (Lipinski definition) is 8. The van der Waals surface area contributed by atoms with Crippen molar-refractivity contribution in [1.82, 2.24) is 24.8 Å². The number of amides is 1. The van der Waals surface area contributed by atoms with E-state index in [2.05, 4.69) is 26.3 Å². The molecule has 9 heteroatoms. The zero-order valence-electron chi connectivity index (χ0n) is 18.4. The highest BCUT2D eigenvalue weighted by Gasteiger charge is 2.24. The van der Waals surface area contributed by atoms with Crippen molar-refractivity contribution in [3.05, 3.63) is 48.1 Å². The molecule has 1 amide bonds. The van der Waals surface area contributed by atoms with E-state index in [1.807, 2.05) is 48.2 Å². The second-order valence-electron chi connectivity index (χ2n) is 8.33. The lowest BCUT2D eigenvalue weighted by Gasteiger charge is -2.32. The van der Waals surface area contributed by atoms with Crippen LogP contribution in [-0.4, -0.2) is 70.9 Å². The molecular formula is C23H27N7O2. The Hall–Kier alpha value is -3.51. The number of nitrogens with one attached hydrogen (secondary N) is 1. The molecule has 2 aromatic heterocycles. The highest BCUT2D eigenvalue weighted by molar-refractivity contribution is 5.78. The van der Waals surface area contributed by atoms with Crippen LogP contribution in [-0.2, 0) is 4.79 Å². The number of oxazole rings is 1. The highest BCUT2D eigenvalue weighted by atomic mass is 16.3. The summed E-state index contributed by atoms with van der Waals surface area (Å²) in [5, 5.41) is 13.0. The average Bonchev–Trinajstić information content (AvgIpc) is 3.22. The molecule has 1 aliphatic rings. The number of benzene rings is 1. The van der Waals surface area contributed by atoms with E-state index in [-0.39, 0.29) is 5.91 Å². The molecule has 1 unspecified atom stereocenters. The first-order valence-corrected chi connectivity index (χ1v) is 10.8. The molecule has 0 aliphatic carbocycles. The van der Waals surface area contributed by atoms with E-state index in [1.165, 1.54) is 0 Å². The van der Waals surface area contributed by atoms with E-state index in [9.17, 15) is 10.1 Å².